The molecule has 0 radical (unpaired) electrons. The largest absolute Gasteiger partial charge is 0.311 e. The van der Waals surface area contributed by atoms with Crippen LogP contribution in [0.3, 0.4) is 0 Å². The highest BCUT2D eigenvalue weighted by Crippen LogP contribution is 2.51. The Bertz CT molecular complexity index is 345. The first-order valence-corrected chi connectivity index (χ1v) is 6.28. The predicted molar refractivity (Wildman–Crippen MR) is 63.2 cm³/mol. The SMILES string of the molecule is FC(C1CCCN1)C1CC1c1ccccc1. The van der Waals surface area contributed by atoms with Crippen LogP contribution in [-0.4, -0.2) is 18.8 Å². The second-order valence-corrected chi connectivity index (χ2v) is 5.06. The maximum absolute atomic E-state index is 14.2. The highest BCUT2D eigenvalue weighted by atomic mass is 19.1. The first kappa shape index (κ1) is 10.3. The molecule has 1 aromatic carbocycles. The fraction of sp³-hybridized carbons (Fsp3) is 0.571. The fourth-order valence-corrected chi connectivity index (χ4v) is 2.93. The summed E-state index contributed by atoms with van der Waals surface area (Å²) < 4.78 is 14.2. The molecule has 0 aromatic heterocycles. The number of alkyl halides is 1. The first-order chi connectivity index (χ1) is 7.86. The molecule has 1 heterocycles. The van der Waals surface area contributed by atoms with E-state index in [1.165, 1.54) is 5.56 Å². The Morgan fingerprint density at radius 3 is 2.75 bits per heavy atom. The Morgan fingerprint density at radius 1 is 1.25 bits per heavy atom. The van der Waals surface area contributed by atoms with Gasteiger partial charge in [0.15, 0.2) is 0 Å². The van der Waals surface area contributed by atoms with Crippen molar-refractivity contribution in [2.75, 3.05) is 6.54 Å². The van der Waals surface area contributed by atoms with Crippen molar-refractivity contribution in [1.29, 1.82) is 0 Å². The van der Waals surface area contributed by atoms with Crippen LogP contribution in [0, 0.1) is 5.92 Å². The molecule has 4 unspecified atom stereocenters. The normalized spacial score (nSPS) is 34.9. The molecule has 1 aliphatic carbocycles. The van der Waals surface area contributed by atoms with Crippen molar-refractivity contribution in [2.45, 2.75) is 37.4 Å². The molecule has 0 amide bonds. The second-order valence-electron chi connectivity index (χ2n) is 5.06. The van der Waals surface area contributed by atoms with Crippen LogP contribution in [0.1, 0.15) is 30.7 Å². The van der Waals surface area contributed by atoms with E-state index in [1.54, 1.807) is 0 Å². The number of benzene rings is 1. The molecule has 86 valence electrons. The molecule has 2 fully saturated rings. The van der Waals surface area contributed by atoms with Crippen LogP contribution in [0.4, 0.5) is 4.39 Å². The highest BCUT2D eigenvalue weighted by Gasteiger charge is 2.47. The molecule has 16 heavy (non-hydrogen) atoms. The van der Waals surface area contributed by atoms with Gasteiger partial charge in [0.2, 0.25) is 0 Å². The summed E-state index contributed by atoms with van der Waals surface area (Å²) in [6, 6.07) is 10.5. The van der Waals surface area contributed by atoms with Crippen molar-refractivity contribution in [2.24, 2.45) is 5.92 Å². The topological polar surface area (TPSA) is 12.0 Å². The predicted octanol–water partition coefficient (Wildman–Crippen LogP) is 2.88. The van der Waals surface area contributed by atoms with Gasteiger partial charge in [0.05, 0.1) is 0 Å². The van der Waals surface area contributed by atoms with Crippen LogP contribution in [0.25, 0.3) is 0 Å². The van der Waals surface area contributed by atoms with Gasteiger partial charge >= 0.3 is 0 Å². The minimum absolute atomic E-state index is 0.124. The third-order valence-corrected chi connectivity index (χ3v) is 3.96. The van der Waals surface area contributed by atoms with Crippen LogP contribution >= 0.6 is 0 Å². The van der Waals surface area contributed by atoms with Crippen molar-refractivity contribution in [3.63, 3.8) is 0 Å². The number of rotatable bonds is 3. The van der Waals surface area contributed by atoms with Gasteiger partial charge in [-0.05, 0) is 43.2 Å². The molecular formula is C14H18FN. The van der Waals surface area contributed by atoms with Gasteiger partial charge in [0.25, 0.3) is 0 Å². The minimum atomic E-state index is -0.646. The minimum Gasteiger partial charge on any atom is -0.311 e. The molecule has 1 saturated heterocycles. The molecule has 2 aliphatic rings. The molecule has 1 aliphatic heterocycles. The zero-order chi connectivity index (χ0) is 11.0. The molecule has 1 nitrogen and oxygen atoms in total. The number of halogens is 1. The van der Waals surface area contributed by atoms with Gasteiger partial charge in [-0.1, -0.05) is 30.3 Å². The van der Waals surface area contributed by atoms with Gasteiger partial charge in [-0.2, -0.15) is 0 Å². The number of nitrogens with one attached hydrogen (secondary N) is 1. The number of hydrogen-bond acceptors (Lipinski definition) is 1. The first-order valence-electron chi connectivity index (χ1n) is 6.28. The Kier molecular flexibility index (Phi) is 2.68. The molecule has 1 saturated carbocycles. The van der Waals surface area contributed by atoms with Crippen LogP contribution in [-0.2, 0) is 0 Å². The molecule has 1 N–H and O–H groups in total. The lowest BCUT2D eigenvalue weighted by atomic mass is 10.0. The van der Waals surface area contributed by atoms with Crippen LogP contribution in [0.2, 0.25) is 0 Å². The van der Waals surface area contributed by atoms with Gasteiger partial charge in [0.1, 0.15) is 6.17 Å². The molecule has 0 spiro atoms. The quantitative estimate of drug-likeness (QED) is 0.824. The molecule has 2 heteroatoms. The van der Waals surface area contributed by atoms with E-state index in [0.29, 0.717) is 5.92 Å². The van der Waals surface area contributed by atoms with Gasteiger partial charge in [0, 0.05) is 6.04 Å². The Balaban J connectivity index is 1.63. The average molecular weight is 219 g/mol. The lowest BCUT2D eigenvalue weighted by molar-refractivity contribution is 0.231. The summed E-state index contributed by atoms with van der Waals surface area (Å²) in [5.74, 6) is 0.733. The van der Waals surface area contributed by atoms with Crippen molar-refractivity contribution in [1.82, 2.24) is 5.32 Å². The maximum Gasteiger partial charge on any atom is 0.119 e. The smallest absolute Gasteiger partial charge is 0.119 e. The van der Waals surface area contributed by atoms with E-state index in [4.69, 9.17) is 0 Å². The van der Waals surface area contributed by atoms with Crippen LogP contribution < -0.4 is 5.32 Å². The van der Waals surface area contributed by atoms with Crippen LogP contribution in [0.5, 0.6) is 0 Å². The highest BCUT2D eigenvalue weighted by molar-refractivity contribution is 5.26. The fourth-order valence-electron chi connectivity index (χ4n) is 2.93. The van der Waals surface area contributed by atoms with Crippen molar-refractivity contribution < 1.29 is 4.39 Å². The lowest BCUT2D eigenvalue weighted by Crippen LogP contribution is -2.33. The Morgan fingerprint density at radius 2 is 2.06 bits per heavy atom. The summed E-state index contributed by atoms with van der Waals surface area (Å²) in [7, 11) is 0. The zero-order valence-corrected chi connectivity index (χ0v) is 9.40. The Hall–Kier alpha value is -0.890. The summed E-state index contributed by atoms with van der Waals surface area (Å²) in [6.07, 6.45) is 2.53. The molecular weight excluding hydrogens is 201 g/mol. The molecule has 3 rings (SSSR count). The lowest BCUT2D eigenvalue weighted by Gasteiger charge is -2.15. The van der Waals surface area contributed by atoms with E-state index in [0.717, 1.165) is 25.8 Å². The monoisotopic (exact) mass is 219 g/mol. The summed E-state index contributed by atoms with van der Waals surface area (Å²) in [6.45, 7) is 0.994. The van der Waals surface area contributed by atoms with Gasteiger partial charge < -0.3 is 5.32 Å². The summed E-state index contributed by atoms with van der Waals surface area (Å²) >= 11 is 0. The van der Waals surface area contributed by atoms with Crippen molar-refractivity contribution in [3.8, 4) is 0 Å². The summed E-state index contributed by atoms with van der Waals surface area (Å²) in [4.78, 5) is 0. The summed E-state index contributed by atoms with van der Waals surface area (Å²) in [5.41, 5.74) is 1.31. The third kappa shape index (κ3) is 1.86. The van der Waals surface area contributed by atoms with Gasteiger partial charge in [-0.25, -0.2) is 4.39 Å². The third-order valence-electron chi connectivity index (χ3n) is 3.96. The summed E-state index contributed by atoms with van der Waals surface area (Å²) in [5, 5.41) is 3.27. The molecule has 1 aromatic rings. The Labute approximate surface area is 96.1 Å². The standard InChI is InChI=1S/C14H18FN/c15-14(13-7-4-8-16-13)12-9-11(12)10-5-2-1-3-6-10/h1-3,5-6,11-14,16H,4,7-9H2. The van der Waals surface area contributed by atoms with E-state index in [9.17, 15) is 4.39 Å². The zero-order valence-electron chi connectivity index (χ0n) is 9.40. The second kappa shape index (κ2) is 4.17. The average Bonchev–Trinajstić information content (AvgIpc) is 2.95. The molecule has 0 bridgehead atoms. The van der Waals surface area contributed by atoms with E-state index in [1.807, 2.05) is 18.2 Å². The van der Waals surface area contributed by atoms with Crippen LogP contribution in [0.15, 0.2) is 30.3 Å². The van der Waals surface area contributed by atoms with Crippen molar-refractivity contribution in [3.05, 3.63) is 35.9 Å². The van der Waals surface area contributed by atoms with Gasteiger partial charge in [-0.15, -0.1) is 0 Å². The van der Waals surface area contributed by atoms with E-state index >= 15 is 0 Å². The van der Waals surface area contributed by atoms with E-state index in [2.05, 4.69) is 17.4 Å². The van der Waals surface area contributed by atoms with Crippen molar-refractivity contribution >= 4 is 0 Å². The number of hydrogen-bond donors (Lipinski definition) is 1. The van der Waals surface area contributed by atoms with E-state index in [-0.39, 0.29) is 12.0 Å². The molecule has 4 atom stereocenters. The van der Waals surface area contributed by atoms with E-state index < -0.39 is 6.17 Å². The maximum atomic E-state index is 14.2. The van der Waals surface area contributed by atoms with Gasteiger partial charge in [-0.3, -0.25) is 0 Å².